The van der Waals surface area contributed by atoms with E-state index in [0.717, 1.165) is 12.8 Å². The highest BCUT2D eigenvalue weighted by Crippen LogP contribution is 2.08. The van der Waals surface area contributed by atoms with Crippen molar-refractivity contribution in [3.63, 3.8) is 0 Å². The van der Waals surface area contributed by atoms with Gasteiger partial charge in [0.1, 0.15) is 11.6 Å². The number of carbonyl (C=O) groups is 1. The largest absolute Gasteiger partial charge is 0.353 e. The van der Waals surface area contributed by atoms with Crippen LogP contribution in [0.2, 0.25) is 0 Å². The highest BCUT2D eigenvalue weighted by Gasteiger charge is 2.12. The van der Waals surface area contributed by atoms with E-state index in [4.69, 9.17) is 0 Å². The first-order valence-electron chi connectivity index (χ1n) is 5.96. The van der Waals surface area contributed by atoms with Crippen LogP contribution in [0.4, 0.5) is 4.39 Å². The monoisotopic (exact) mass is 271 g/mol. The number of benzene rings is 1. The first kappa shape index (κ1) is 14.8. The van der Waals surface area contributed by atoms with Crippen LogP contribution in [0.1, 0.15) is 26.7 Å². The summed E-state index contributed by atoms with van der Waals surface area (Å²) in [5, 5.41) is 2.79. The standard InChI is InChI=1S/C13H18FNO2S/c1-3-4-10(2)15-13(16)9-18(17)12-7-5-11(14)6-8-12/h5-8,10H,3-4,9H2,1-2H3,(H,15,16). The minimum absolute atomic E-state index is 0.0836. The van der Waals surface area contributed by atoms with Crippen LogP contribution in [0.3, 0.4) is 0 Å². The summed E-state index contributed by atoms with van der Waals surface area (Å²) in [6, 6.07) is 5.45. The summed E-state index contributed by atoms with van der Waals surface area (Å²) in [5.41, 5.74) is 0. The van der Waals surface area contributed by atoms with Crippen LogP contribution < -0.4 is 5.32 Å². The summed E-state index contributed by atoms with van der Waals surface area (Å²) in [5.74, 6) is -0.699. The second kappa shape index (κ2) is 7.26. The summed E-state index contributed by atoms with van der Waals surface area (Å²) in [4.78, 5) is 12.1. The highest BCUT2D eigenvalue weighted by atomic mass is 32.2. The van der Waals surface area contributed by atoms with Crippen LogP contribution >= 0.6 is 0 Å². The molecule has 1 amide bonds. The van der Waals surface area contributed by atoms with Crippen molar-refractivity contribution in [2.45, 2.75) is 37.6 Å². The molecule has 0 aliphatic rings. The Bertz CT molecular complexity index is 420. The van der Waals surface area contributed by atoms with Crippen molar-refractivity contribution in [1.29, 1.82) is 0 Å². The number of amides is 1. The predicted molar refractivity (Wildman–Crippen MR) is 70.2 cm³/mol. The second-order valence-electron chi connectivity index (χ2n) is 4.20. The summed E-state index contributed by atoms with van der Waals surface area (Å²) >= 11 is 0. The third-order valence-corrected chi connectivity index (χ3v) is 3.79. The van der Waals surface area contributed by atoms with E-state index in [-0.39, 0.29) is 23.5 Å². The number of halogens is 1. The van der Waals surface area contributed by atoms with Gasteiger partial charge in [0, 0.05) is 10.9 Å². The number of nitrogens with one attached hydrogen (secondary N) is 1. The fraction of sp³-hybridized carbons (Fsp3) is 0.462. The van der Waals surface area contributed by atoms with Gasteiger partial charge >= 0.3 is 0 Å². The molecule has 0 aromatic heterocycles. The van der Waals surface area contributed by atoms with Gasteiger partial charge in [0.25, 0.3) is 0 Å². The molecule has 1 aromatic rings. The van der Waals surface area contributed by atoms with Gasteiger partial charge in [0.05, 0.1) is 10.8 Å². The van der Waals surface area contributed by atoms with Gasteiger partial charge in [-0.3, -0.25) is 9.00 Å². The molecule has 0 radical (unpaired) electrons. The predicted octanol–water partition coefficient (Wildman–Crippen LogP) is 2.24. The van der Waals surface area contributed by atoms with Crippen LogP contribution in [0, 0.1) is 5.82 Å². The van der Waals surface area contributed by atoms with Crippen molar-refractivity contribution < 1.29 is 13.4 Å². The number of hydrogen-bond acceptors (Lipinski definition) is 2. The van der Waals surface area contributed by atoms with Crippen molar-refractivity contribution in [2.24, 2.45) is 0 Å². The maximum atomic E-state index is 12.7. The van der Waals surface area contributed by atoms with E-state index in [1.807, 2.05) is 13.8 Å². The normalized spacial score (nSPS) is 13.9. The van der Waals surface area contributed by atoms with E-state index >= 15 is 0 Å². The molecule has 0 aliphatic carbocycles. The van der Waals surface area contributed by atoms with Gasteiger partial charge in [-0.05, 0) is 37.6 Å². The van der Waals surface area contributed by atoms with Crippen molar-refractivity contribution in [1.82, 2.24) is 5.32 Å². The lowest BCUT2D eigenvalue weighted by molar-refractivity contribution is -0.119. The molecule has 1 aromatic carbocycles. The molecule has 1 rings (SSSR count). The molecule has 100 valence electrons. The molecule has 18 heavy (non-hydrogen) atoms. The van der Waals surface area contributed by atoms with E-state index in [1.54, 1.807) is 0 Å². The quantitative estimate of drug-likeness (QED) is 0.862. The molecule has 0 saturated carbocycles. The van der Waals surface area contributed by atoms with E-state index in [9.17, 15) is 13.4 Å². The Labute approximate surface area is 109 Å². The van der Waals surface area contributed by atoms with Crippen molar-refractivity contribution in [3.05, 3.63) is 30.1 Å². The zero-order chi connectivity index (χ0) is 13.5. The minimum atomic E-state index is -1.42. The first-order chi connectivity index (χ1) is 8.52. The van der Waals surface area contributed by atoms with Gasteiger partial charge in [-0.25, -0.2) is 4.39 Å². The molecule has 5 heteroatoms. The van der Waals surface area contributed by atoms with Gasteiger partial charge < -0.3 is 5.32 Å². The molecule has 0 aliphatic heterocycles. The number of hydrogen-bond donors (Lipinski definition) is 1. The number of carbonyl (C=O) groups excluding carboxylic acids is 1. The van der Waals surface area contributed by atoms with E-state index < -0.39 is 10.8 Å². The Morgan fingerprint density at radius 3 is 2.56 bits per heavy atom. The van der Waals surface area contributed by atoms with Gasteiger partial charge in [-0.2, -0.15) is 0 Å². The van der Waals surface area contributed by atoms with Crippen LogP contribution in [-0.2, 0) is 15.6 Å². The SMILES string of the molecule is CCCC(C)NC(=O)CS(=O)c1ccc(F)cc1. The van der Waals surface area contributed by atoms with E-state index in [0.29, 0.717) is 4.90 Å². The Morgan fingerprint density at radius 2 is 2.00 bits per heavy atom. The number of rotatable bonds is 6. The minimum Gasteiger partial charge on any atom is -0.353 e. The van der Waals surface area contributed by atoms with Crippen LogP contribution in [0.15, 0.2) is 29.2 Å². The van der Waals surface area contributed by atoms with Crippen molar-refractivity contribution in [3.8, 4) is 0 Å². The topological polar surface area (TPSA) is 46.2 Å². The molecule has 2 atom stereocenters. The van der Waals surface area contributed by atoms with Crippen molar-refractivity contribution >= 4 is 16.7 Å². The summed E-state index contributed by atoms with van der Waals surface area (Å²) in [6.45, 7) is 3.96. The molecule has 1 N–H and O–H groups in total. The molecular formula is C13H18FNO2S. The third kappa shape index (κ3) is 4.96. The molecular weight excluding hydrogens is 253 g/mol. The molecule has 0 spiro atoms. The average Bonchev–Trinajstić information content (AvgIpc) is 2.29. The van der Waals surface area contributed by atoms with Crippen LogP contribution in [-0.4, -0.2) is 21.9 Å². The lowest BCUT2D eigenvalue weighted by atomic mass is 10.2. The van der Waals surface area contributed by atoms with E-state index in [1.165, 1.54) is 24.3 Å². The van der Waals surface area contributed by atoms with E-state index in [2.05, 4.69) is 5.32 Å². The fourth-order valence-electron chi connectivity index (χ4n) is 1.61. The lowest BCUT2D eigenvalue weighted by Crippen LogP contribution is -2.35. The highest BCUT2D eigenvalue weighted by molar-refractivity contribution is 7.85. The zero-order valence-corrected chi connectivity index (χ0v) is 11.4. The Kier molecular flexibility index (Phi) is 5.98. The zero-order valence-electron chi connectivity index (χ0n) is 10.6. The van der Waals surface area contributed by atoms with Gasteiger partial charge in [-0.1, -0.05) is 13.3 Å². The van der Waals surface area contributed by atoms with Gasteiger partial charge in [0.2, 0.25) is 5.91 Å². The Hall–Kier alpha value is -1.23. The van der Waals surface area contributed by atoms with Crippen molar-refractivity contribution in [2.75, 3.05) is 5.75 Å². The second-order valence-corrected chi connectivity index (χ2v) is 5.65. The fourth-order valence-corrected chi connectivity index (χ4v) is 2.54. The maximum Gasteiger partial charge on any atom is 0.233 e. The summed E-state index contributed by atoms with van der Waals surface area (Å²) < 4.78 is 24.5. The first-order valence-corrected chi connectivity index (χ1v) is 7.28. The Morgan fingerprint density at radius 1 is 1.39 bits per heavy atom. The molecule has 2 unspecified atom stereocenters. The maximum absolute atomic E-state index is 12.7. The van der Waals surface area contributed by atoms with Crippen LogP contribution in [0.5, 0.6) is 0 Å². The summed E-state index contributed by atoms with van der Waals surface area (Å²) in [7, 11) is -1.42. The average molecular weight is 271 g/mol. The molecule has 0 bridgehead atoms. The van der Waals surface area contributed by atoms with Gasteiger partial charge in [0.15, 0.2) is 0 Å². The Balaban J connectivity index is 2.49. The smallest absolute Gasteiger partial charge is 0.233 e. The molecule has 0 fully saturated rings. The lowest BCUT2D eigenvalue weighted by Gasteiger charge is -2.12. The van der Waals surface area contributed by atoms with Gasteiger partial charge in [-0.15, -0.1) is 0 Å². The third-order valence-electron chi connectivity index (χ3n) is 2.47. The summed E-state index contributed by atoms with van der Waals surface area (Å²) in [6.07, 6.45) is 1.89. The molecule has 0 saturated heterocycles. The molecule has 0 heterocycles. The molecule has 3 nitrogen and oxygen atoms in total. The van der Waals surface area contributed by atoms with Crippen LogP contribution in [0.25, 0.3) is 0 Å².